The Labute approximate surface area is 177 Å². The number of hydrogen-bond donors (Lipinski definition) is 4. The lowest BCUT2D eigenvalue weighted by atomic mass is 9.96. The Kier molecular flexibility index (Phi) is 6.90. The number of ether oxygens (including phenoxy) is 2. The van der Waals surface area contributed by atoms with Crippen LogP contribution in [-0.4, -0.2) is 67.8 Å². The fourth-order valence-electron chi connectivity index (χ4n) is 3.19. The third kappa shape index (κ3) is 4.40. The van der Waals surface area contributed by atoms with Crippen molar-refractivity contribution in [1.82, 2.24) is 19.7 Å². The van der Waals surface area contributed by atoms with E-state index in [4.69, 9.17) is 19.7 Å². The normalized spacial score (nSPS) is 27.6. The number of aliphatic hydroxyl groups is 2. The van der Waals surface area contributed by atoms with E-state index in [-0.39, 0.29) is 12.4 Å². The van der Waals surface area contributed by atoms with Crippen LogP contribution in [0.25, 0.3) is 5.52 Å². The standard InChI is InChI=1S/C17H23N6O7P/c1-3-28-16(26)9(2)22-31(27)29-7-17(6-18)14(25)12(24)13(30-17)10-4-5-11-15(19)20-8-21-23(10)11/h4-5,8-9,12-14,24-25,31H,3,7H2,1-2H3,(H,22,27)(H2,19,20,21)/t9-,12-,13-,14-,17+/m0/s1. The first-order valence-corrected chi connectivity index (χ1v) is 10.7. The summed E-state index contributed by atoms with van der Waals surface area (Å²) in [7, 11) is -3.00. The Morgan fingerprint density at radius 3 is 2.97 bits per heavy atom. The van der Waals surface area contributed by atoms with Crippen LogP contribution in [0.1, 0.15) is 25.6 Å². The molecule has 0 aromatic carbocycles. The maximum absolute atomic E-state index is 12.2. The van der Waals surface area contributed by atoms with Gasteiger partial charge in [-0.05, 0) is 26.0 Å². The number of fused-ring (bicyclic) bond motifs is 1. The van der Waals surface area contributed by atoms with Crippen LogP contribution in [0.5, 0.6) is 0 Å². The van der Waals surface area contributed by atoms with E-state index in [1.807, 2.05) is 0 Å². The number of nitriles is 1. The number of nitrogens with two attached hydrogens (primary N) is 1. The van der Waals surface area contributed by atoms with Crippen molar-refractivity contribution in [2.24, 2.45) is 0 Å². The summed E-state index contributed by atoms with van der Waals surface area (Å²) in [4.78, 5) is 15.5. The summed E-state index contributed by atoms with van der Waals surface area (Å²) in [5.41, 5.74) is 4.57. The van der Waals surface area contributed by atoms with Crippen LogP contribution in [0.4, 0.5) is 5.82 Å². The molecule has 2 aromatic rings. The number of carbonyl (C=O) groups is 1. The van der Waals surface area contributed by atoms with Gasteiger partial charge in [-0.3, -0.25) is 9.36 Å². The molecule has 1 aliphatic heterocycles. The van der Waals surface area contributed by atoms with Gasteiger partial charge in [0.1, 0.15) is 48.9 Å². The number of rotatable bonds is 8. The van der Waals surface area contributed by atoms with Gasteiger partial charge >= 0.3 is 5.97 Å². The summed E-state index contributed by atoms with van der Waals surface area (Å²) in [6, 6.07) is 4.06. The Bertz CT molecular complexity index is 1030. The molecule has 1 saturated heterocycles. The highest BCUT2D eigenvalue weighted by Gasteiger charge is 2.56. The molecule has 13 nitrogen and oxygen atoms in total. The zero-order valence-electron chi connectivity index (χ0n) is 16.8. The minimum absolute atomic E-state index is 0.161. The first kappa shape index (κ1) is 23.1. The largest absolute Gasteiger partial charge is 0.465 e. The molecule has 1 fully saturated rings. The number of aromatic nitrogens is 3. The first-order valence-electron chi connectivity index (χ1n) is 9.37. The van der Waals surface area contributed by atoms with Crippen LogP contribution >= 0.6 is 8.18 Å². The van der Waals surface area contributed by atoms with Gasteiger partial charge in [0, 0.05) is 0 Å². The van der Waals surface area contributed by atoms with E-state index in [0.717, 1.165) is 0 Å². The van der Waals surface area contributed by atoms with E-state index in [1.54, 1.807) is 25.1 Å². The van der Waals surface area contributed by atoms with E-state index in [9.17, 15) is 24.8 Å². The van der Waals surface area contributed by atoms with Crippen molar-refractivity contribution in [3.63, 3.8) is 0 Å². The number of nitrogens with zero attached hydrogens (tertiary/aromatic N) is 4. The molecule has 3 rings (SSSR count). The van der Waals surface area contributed by atoms with Crippen molar-refractivity contribution < 1.29 is 33.6 Å². The van der Waals surface area contributed by atoms with Gasteiger partial charge in [0.2, 0.25) is 5.60 Å². The second kappa shape index (κ2) is 9.27. The van der Waals surface area contributed by atoms with Gasteiger partial charge in [0.15, 0.2) is 5.82 Å². The molecule has 5 N–H and O–H groups in total. The fourth-order valence-corrected chi connectivity index (χ4v) is 4.09. The number of anilines is 1. The lowest BCUT2D eigenvalue weighted by molar-refractivity contribution is -0.144. The van der Waals surface area contributed by atoms with Crippen molar-refractivity contribution in [2.45, 2.75) is 43.8 Å². The van der Waals surface area contributed by atoms with Crippen LogP contribution in [0.15, 0.2) is 18.5 Å². The summed E-state index contributed by atoms with van der Waals surface area (Å²) in [6.45, 7) is 2.61. The second-order valence-corrected chi connectivity index (χ2v) is 8.02. The molecule has 14 heteroatoms. The molecular formula is C17H23N6O7P. The van der Waals surface area contributed by atoms with Crippen LogP contribution in [-0.2, 0) is 23.4 Å². The number of aliphatic hydroxyl groups excluding tert-OH is 2. The molecule has 0 saturated carbocycles. The van der Waals surface area contributed by atoms with Crippen molar-refractivity contribution >= 4 is 25.5 Å². The van der Waals surface area contributed by atoms with E-state index in [2.05, 4.69) is 15.2 Å². The number of esters is 1. The molecule has 31 heavy (non-hydrogen) atoms. The number of hydrogen-bond acceptors (Lipinski definition) is 11. The van der Waals surface area contributed by atoms with E-state index in [0.29, 0.717) is 11.2 Å². The van der Waals surface area contributed by atoms with Gasteiger partial charge in [-0.2, -0.15) is 10.4 Å². The maximum Gasteiger partial charge on any atom is 0.323 e. The van der Waals surface area contributed by atoms with Gasteiger partial charge in [-0.15, -0.1) is 0 Å². The molecule has 1 aliphatic rings. The Hall–Kier alpha value is -2.59. The van der Waals surface area contributed by atoms with Crippen LogP contribution < -0.4 is 10.8 Å². The molecule has 6 atom stereocenters. The lowest BCUT2D eigenvalue weighted by Gasteiger charge is -2.24. The van der Waals surface area contributed by atoms with Crippen molar-refractivity contribution in [1.29, 1.82) is 5.26 Å². The SMILES string of the molecule is CCOC(=O)[C@H](C)N[PH](=O)OC[C@@]1(C#N)O[C@@H](c2ccc3c(N)ncnn23)[C@H](O)[C@@H]1O. The Balaban J connectivity index is 1.74. The Morgan fingerprint density at radius 1 is 1.55 bits per heavy atom. The van der Waals surface area contributed by atoms with E-state index < -0.39 is 50.7 Å². The summed E-state index contributed by atoms with van der Waals surface area (Å²) >= 11 is 0. The average molecular weight is 454 g/mol. The first-order chi connectivity index (χ1) is 14.7. The molecule has 0 aliphatic carbocycles. The zero-order chi connectivity index (χ0) is 22.8. The third-order valence-corrected chi connectivity index (χ3v) is 5.91. The van der Waals surface area contributed by atoms with Crippen molar-refractivity contribution in [3.05, 3.63) is 24.2 Å². The van der Waals surface area contributed by atoms with Crippen LogP contribution in [0.3, 0.4) is 0 Å². The predicted molar refractivity (Wildman–Crippen MR) is 106 cm³/mol. The van der Waals surface area contributed by atoms with Gasteiger partial charge in [-0.25, -0.2) is 14.6 Å². The zero-order valence-corrected chi connectivity index (χ0v) is 17.8. The van der Waals surface area contributed by atoms with Gasteiger partial charge in [-0.1, -0.05) is 0 Å². The smallest absolute Gasteiger partial charge is 0.323 e. The topological polar surface area (TPSA) is 194 Å². The van der Waals surface area contributed by atoms with E-state index in [1.165, 1.54) is 17.8 Å². The molecule has 3 heterocycles. The predicted octanol–water partition coefficient (Wildman–Crippen LogP) is -0.686. The summed E-state index contributed by atoms with van der Waals surface area (Å²) < 4.78 is 29.2. The Morgan fingerprint density at radius 2 is 2.29 bits per heavy atom. The monoisotopic (exact) mass is 454 g/mol. The average Bonchev–Trinajstić information content (AvgIpc) is 3.28. The lowest BCUT2D eigenvalue weighted by Crippen LogP contribution is -2.45. The highest BCUT2D eigenvalue weighted by Crippen LogP contribution is 2.41. The highest BCUT2D eigenvalue weighted by molar-refractivity contribution is 7.36. The molecule has 168 valence electrons. The number of carbonyl (C=O) groups excluding carboxylic acids is 1. The molecule has 0 radical (unpaired) electrons. The number of nitrogens with one attached hydrogen (secondary N) is 1. The number of nitrogen functional groups attached to an aromatic ring is 1. The molecule has 2 aromatic heterocycles. The van der Waals surface area contributed by atoms with Crippen molar-refractivity contribution in [3.8, 4) is 6.07 Å². The molecule has 0 bridgehead atoms. The van der Waals surface area contributed by atoms with Gasteiger partial charge in [0.25, 0.3) is 8.18 Å². The summed E-state index contributed by atoms with van der Waals surface area (Å²) in [5.74, 6) is -0.419. The van der Waals surface area contributed by atoms with E-state index >= 15 is 0 Å². The van der Waals surface area contributed by atoms with Gasteiger partial charge in [0.05, 0.1) is 12.3 Å². The van der Waals surface area contributed by atoms with Crippen molar-refractivity contribution in [2.75, 3.05) is 18.9 Å². The van der Waals surface area contributed by atoms with Crippen LogP contribution in [0.2, 0.25) is 0 Å². The highest BCUT2D eigenvalue weighted by atomic mass is 31.1. The molecule has 1 unspecified atom stereocenters. The molecule has 0 amide bonds. The maximum atomic E-state index is 12.2. The second-order valence-electron chi connectivity index (χ2n) is 6.87. The quantitative estimate of drug-likeness (QED) is 0.290. The van der Waals surface area contributed by atoms with Crippen LogP contribution in [0, 0.1) is 11.3 Å². The van der Waals surface area contributed by atoms with Gasteiger partial charge < -0.3 is 29.9 Å². The molecular weight excluding hydrogens is 431 g/mol. The minimum atomic E-state index is -3.00. The third-order valence-electron chi connectivity index (χ3n) is 4.83. The fraction of sp³-hybridized carbons (Fsp3) is 0.529. The molecule has 0 spiro atoms. The summed E-state index contributed by atoms with van der Waals surface area (Å²) in [6.07, 6.45) is -3.12. The summed E-state index contributed by atoms with van der Waals surface area (Å²) in [5, 5.41) is 37.2. The minimum Gasteiger partial charge on any atom is -0.465 e.